The van der Waals surface area contributed by atoms with E-state index in [9.17, 15) is 4.79 Å². The number of methoxy groups -OCH3 is 1. The fourth-order valence-electron chi connectivity index (χ4n) is 1.97. The Morgan fingerprint density at radius 1 is 1.53 bits per heavy atom. The Labute approximate surface area is 103 Å². The SMILES string of the molecule is COCC(C)NC(=O)COCC1CCCCN1. The highest BCUT2D eigenvalue weighted by molar-refractivity contribution is 5.77. The summed E-state index contributed by atoms with van der Waals surface area (Å²) in [5.41, 5.74) is 0. The summed E-state index contributed by atoms with van der Waals surface area (Å²) in [6.45, 7) is 4.24. The molecular weight excluding hydrogens is 220 g/mol. The monoisotopic (exact) mass is 244 g/mol. The van der Waals surface area contributed by atoms with Crippen LogP contribution in [0.5, 0.6) is 0 Å². The molecule has 1 aliphatic rings. The van der Waals surface area contributed by atoms with Crippen molar-refractivity contribution in [3.63, 3.8) is 0 Å². The Kier molecular flexibility index (Phi) is 7.16. The molecule has 5 nitrogen and oxygen atoms in total. The largest absolute Gasteiger partial charge is 0.383 e. The minimum atomic E-state index is -0.0784. The Balaban J connectivity index is 2.03. The fraction of sp³-hybridized carbons (Fsp3) is 0.917. The van der Waals surface area contributed by atoms with E-state index in [0.29, 0.717) is 19.3 Å². The van der Waals surface area contributed by atoms with Crippen molar-refractivity contribution in [2.24, 2.45) is 0 Å². The highest BCUT2D eigenvalue weighted by Crippen LogP contribution is 2.06. The van der Waals surface area contributed by atoms with Crippen LogP contribution in [0.2, 0.25) is 0 Å². The van der Waals surface area contributed by atoms with Gasteiger partial charge in [0.15, 0.2) is 0 Å². The molecule has 1 saturated heterocycles. The van der Waals surface area contributed by atoms with Crippen molar-refractivity contribution in [3.05, 3.63) is 0 Å². The fourth-order valence-corrected chi connectivity index (χ4v) is 1.97. The molecule has 0 aromatic carbocycles. The van der Waals surface area contributed by atoms with Crippen LogP contribution in [0.1, 0.15) is 26.2 Å². The molecule has 0 aromatic heterocycles. The number of rotatable bonds is 7. The van der Waals surface area contributed by atoms with Crippen molar-refractivity contribution < 1.29 is 14.3 Å². The lowest BCUT2D eigenvalue weighted by atomic mass is 10.1. The van der Waals surface area contributed by atoms with E-state index in [1.807, 2.05) is 6.92 Å². The van der Waals surface area contributed by atoms with Gasteiger partial charge in [-0.15, -0.1) is 0 Å². The van der Waals surface area contributed by atoms with Crippen LogP contribution < -0.4 is 10.6 Å². The predicted octanol–water partition coefficient (Wildman–Crippen LogP) is 0.296. The topological polar surface area (TPSA) is 59.6 Å². The van der Waals surface area contributed by atoms with Crippen molar-refractivity contribution in [1.29, 1.82) is 0 Å². The molecule has 1 amide bonds. The van der Waals surface area contributed by atoms with Gasteiger partial charge < -0.3 is 20.1 Å². The van der Waals surface area contributed by atoms with E-state index in [-0.39, 0.29) is 18.6 Å². The minimum absolute atomic E-state index is 0.0314. The summed E-state index contributed by atoms with van der Waals surface area (Å²) < 4.78 is 10.3. The highest BCUT2D eigenvalue weighted by atomic mass is 16.5. The Hall–Kier alpha value is -0.650. The molecule has 2 atom stereocenters. The smallest absolute Gasteiger partial charge is 0.246 e. The van der Waals surface area contributed by atoms with Gasteiger partial charge in [-0.2, -0.15) is 0 Å². The van der Waals surface area contributed by atoms with E-state index in [2.05, 4.69) is 10.6 Å². The first-order chi connectivity index (χ1) is 8.22. The third-order valence-electron chi connectivity index (χ3n) is 2.79. The number of hydrogen-bond donors (Lipinski definition) is 2. The number of carbonyl (C=O) groups excluding carboxylic acids is 1. The summed E-state index contributed by atoms with van der Waals surface area (Å²) in [6.07, 6.45) is 3.63. The van der Waals surface area contributed by atoms with E-state index < -0.39 is 0 Å². The molecule has 1 rings (SSSR count). The first kappa shape index (κ1) is 14.4. The Morgan fingerprint density at radius 3 is 3.00 bits per heavy atom. The normalized spacial score (nSPS) is 22.1. The minimum Gasteiger partial charge on any atom is -0.383 e. The van der Waals surface area contributed by atoms with Gasteiger partial charge >= 0.3 is 0 Å². The molecule has 100 valence electrons. The van der Waals surface area contributed by atoms with Crippen LogP contribution in [0.15, 0.2) is 0 Å². The zero-order valence-corrected chi connectivity index (χ0v) is 10.8. The Morgan fingerprint density at radius 2 is 2.35 bits per heavy atom. The average Bonchev–Trinajstić information content (AvgIpc) is 2.30. The number of amides is 1. The first-order valence-electron chi connectivity index (χ1n) is 6.31. The number of piperidine rings is 1. The molecule has 0 spiro atoms. The number of hydrogen-bond acceptors (Lipinski definition) is 4. The maximum atomic E-state index is 11.5. The van der Waals surface area contributed by atoms with Crippen LogP contribution in [0.4, 0.5) is 0 Å². The second-order valence-corrected chi connectivity index (χ2v) is 4.59. The average molecular weight is 244 g/mol. The van der Waals surface area contributed by atoms with E-state index in [1.54, 1.807) is 7.11 Å². The Bertz CT molecular complexity index is 218. The highest BCUT2D eigenvalue weighted by Gasteiger charge is 2.13. The zero-order valence-electron chi connectivity index (χ0n) is 10.8. The van der Waals surface area contributed by atoms with Crippen LogP contribution in [-0.2, 0) is 14.3 Å². The summed E-state index contributed by atoms with van der Waals surface area (Å²) in [5.74, 6) is -0.0784. The number of nitrogens with one attached hydrogen (secondary N) is 2. The van der Waals surface area contributed by atoms with E-state index in [0.717, 1.165) is 13.0 Å². The summed E-state index contributed by atoms with van der Waals surface area (Å²) >= 11 is 0. The third kappa shape index (κ3) is 6.61. The lowest BCUT2D eigenvalue weighted by Gasteiger charge is -2.23. The molecule has 0 bridgehead atoms. The maximum Gasteiger partial charge on any atom is 0.246 e. The summed E-state index contributed by atoms with van der Waals surface area (Å²) in [4.78, 5) is 11.5. The summed E-state index contributed by atoms with van der Waals surface area (Å²) in [6, 6.07) is 0.442. The molecular formula is C12H24N2O3. The summed E-state index contributed by atoms with van der Waals surface area (Å²) in [5, 5.41) is 6.19. The molecule has 1 aliphatic heterocycles. The van der Waals surface area contributed by atoms with Gasteiger partial charge in [-0.3, -0.25) is 4.79 Å². The van der Waals surface area contributed by atoms with E-state index >= 15 is 0 Å². The van der Waals surface area contributed by atoms with Gasteiger partial charge in [0, 0.05) is 19.2 Å². The number of carbonyl (C=O) groups is 1. The van der Waals surface area contributed by atoms with Crippen LogP contribution in [0.25, 0.3) is 0 Å². The van der Waals surface area contributed by atoms with Gasteiger partial charge in [0.1, 0.15) is 6.61 Å². The zero-order chi connectivity index (χ0) is 12.5. The van der Waals surface area contributed by atoms with Crippen molar-refractivity contribution >= 4 is 5.91 Å². The second-order valence-electron chi connectivity index (χ2n) is 4.59. The van der Waals surface area contributed by atoms with Crippen molar-refractivity contribution in [2.45, 2.75) is 38.3 Å². The molecule has 0 radical (unpaired) electrons. The van der Waals surface area contributed by atoms with Crippen LogP contribution in [0, 0.1) is 0 Å². The molecule has 1 fully saturated rings. The molecule has 2 unspecified atom stereocenters. The molecule has 0 saturated carbocycles. The summed E-state index contributed by atoms with van der Waals surface area (Å²) in [7, 11) is 1.62. The van der Waals surface area contributed by atoms with Gasteiger partial charge in [0.2, 0.25) is 5.91 Å². The lowest BCUT2D eigenvalue weighted by molar-refractivity contribution is -0.126. The van der Waals surface area contributed by atoms with Gasteiger partial charge in [-0.1, -0.05) is 6.42 Å². The predicted molar refractivity (Wildman–Crippen MR) is 65.9 cm³/mol. The van der Waals surface area contributed by atoms with Gasteiger partial charge in [0.25, 0.3) is 0 Å². The third-order valence-corrected chi connectivity index (χ3v) is 2.79. The molecule has 17 heavy (non-hydrogen) atoms. The lowest BCUT2D eigenvalue weighted by Crippen LogP contribution is -2.40. The van der Waals surface area contributed by atoms with Crippen molar-refractivity contribution in [1.82, 2.24) is 10.6 Å². The quantitative estimate of drug-likeness (QED) is 0.676. The van der Waals surface area contributed by atoms with Gasteiger partial charge in [-0.25, -0.2) is 0 Å². The van der Waals surface area contributed by atoms with Crippen LogP contribution >= 0.6 is 0 Å². The number of ether oxygens (including phenoxy) is 2. The molecule has 2 N–H and O–H groups in total. The molecule has 1 heterocycles. The van der Waals surface area contributed by atoms with Crippen molar-refractivity contribution in [3.8, 4) is 0 Å². The van der Waals surface area contributed by atoms with E-state index in [1.165, 1.54) is 12.8 Å². The molecule has 0 aliphatic carbocycles. The molecule has 0 aromatic rings. The standard InChI is InChI=1S/C12H24N2O3/c1-10(7-16-2)14-12(15)9-17-8-11-5-3-4-6-13-11/h10-11,13H,3-9H2,1-2H3,(H,14,15). The van der Waals surface area contributed by atoms with Crippen molar-refractivity contribution in [2.75, 3.05) is 33.5 Å². The van der Waals surface area contributed by atoms with Gasteiger partial charge in [0.05, 0.1) is 13.2 Å². The first-order valence-corrected chi connectivity index (χ1v) is 6.31. The second kappa shape index (κ2) is 8.44. The maximum absolute atomic E-state index is 11.5. The van der Waals surface area contributed by atoms with E-state index in [4.69, 9.17) is 9.47 Å². The van der Waals surface area contributed by atoms with Crippen LogP contribution in [0.3, 0.4) is 0 Å². The van der Waals surface area contributed by atoms with Crippen LogP contribution in [-0.4, -0.2) is 51.5 Å². The van der Waals surface area contributed by atoms with Gasteiger partial charge in [-0.05, 0) is 26.3 Å². The molecule has 5 heteroatoms.